The highest BCUT2D eigenvalue weighted by Crippen LogP contribution is 2.31. The highest BCUT2D eigenvalue weighted by Gasteiger charge is 2.45. The number of nitrogens with one attached hydrogen (secondary N) is 1. The second-order valence-corrected chi connectivity index (χ2v) is 6.05. The summed E-state index contributed by atoms with van der Waals surface area (Å²) in [6.45, 7) is 0. The number of hydrogen-bond donors (Lipinski definition) is 1. The van der Waals surface area contributed by atoms with Gasteiger partial charge in [0.2, 0.25) is 0 Å². The van der Waals surface area contributed by atoms with Gasteiger partial charge in [0.05, 0.1) is 7.11 Å². The molecule has 0 aromatic rings. The second kappa shape index (κ2) is 4.68. The number of hydrogen-bond acceptors (Lipinski definition) is 4. The molecule has 94 valence electrons. The van der Waals surface area contributed by atoms with Crippen molar-refractivity contribution in [1.82, 2.24) is 9.03 Å². The van der Waals surface area contributed by atoms with Crippen molar-refractivity contribution >= 4 is 16.2 Å². The summed E-state index contributed by atoms with van der Waals surface area (Å²) >= 11 is 0. The number of ether oxygens (including phenoxy) is 1. The first-order chi connectivity index (χ1) is 7.34. The molecule has 16 heavy (non-hydrogen) atoms. The van der Waals surface area contributed by atoms with E-state index < -0.39 is 21.7 Å². The molecular formula is C9H18N2O4S. The van der Waals surface area contributed by atoms with E-state index in [0.29, 0.717) is 12.8 Å². The average molecular weight is 250 g/mol. The molecule has 1 saturated carbocycles. The van der Waals surface area contributed by atoms with E-state index in [1.807, 2.05) is 0 Å². The Morgan fingerprint density at radius 1 is 1.31 bits per heavy atom. The van der Waals surface area contributed by atoms with Gasteiger partial charge in [-0.15, -0.1) is 0 Å². The highest BCUT2D eigenvalue weighted by molar-refractivity contribution is 7.87. The molecule has 0 aromatic heterocycles. The largest absolute Gasteiger partial charge is 0.468 e. The van der Waals surface area contributed by atoms with Crippen molar-refractivity contribution in [1.29, 1.82) is 0 Å². The van der Waals surface area contributed by atoms with Gasteiger partial charge >= 0.3 is 5.97 Å². The Morgan fingerprint density at radius 2 is 1.81 bits per heavy atom. The van der Waals surface area contributed by atoms with E-state index in [0.717, 1.165) is 17.1 Å². The molecule has 7 heteroatoms. The van der Waals surface area contributed by atoms with E-state index in [1.54, 1.807) is 0 Å². The van der Waals surface area contributed by atoms with Gasteiger partial charge in [-0.3, -0.25) is 4.79 Å². The molecule has 1 aliphatic rings. The summed E-state index contributed by atoms with van der Waals surface area (Å²) in [5.41, 5.74) is -1.07. The molecule has 0 atom stereocenters. The third-order valence-corrected chi connectivity index (χ3v) is 4.45. The Kier molecular flexibility index (Phi) is 3.92. The maximum atomic E-state index is 11.7. The zero-order valence-corrected chi connectivity index (χ0v) is 10.6. The molecule has 6 nitrogen and oxygen atoms in total. The van der Waals surface area contributed by atoms with E-state index in [-0.39, 0.29) is 0 Å². The average Bonchev–Trinajstić information content (AvgIpc) is 2.65. The summed E-state index contributed by atoms with van der Waals surface area (Å²) < 4.78 is 31.6. The first-order valence-corrected chi connectivity index (χ1v) is 6.58. The maximum absolute atomic E-state index is 11.7. The molecule has 0 heterocycles. The van der Waals surface area contributed by atoms with Gasteiger partial charge in [-0.2, -0.15) is 17.4 Å². The van der Waals surface area contributed by atoms with Gasteiger partial charge in [-0.1, -0.05) is 12.8 Å². The Hall–Kier alpha value is -0.660. The summed E-state index contributed by atoms with van der Waals surface area (Å²) in [4.78, 5) is 11.7. The van der Waals surface area contributed by atoms with Gasteiger partial charge < -0.3 is 4.74 Å². The molecule has 0 spiro atoms. The van der Waals surface area contributed by atoms with Crippen molar-refractivity contribution in [3.8, 4) is 0 Å². The van der Waals surface area contributed by atoms with E-state index in [2.05, 4.69) is 9.46 Å². The monoisotopic (exact) mass is 250 g/mol. The van der Waals surface area contributed by atoms with E-state index in [4.69, 9.17) is 0 Å². The van der Waals surface area contributed by atoms with Crippen LogP contribution in [0.4, 0.5) is 0 Å². The predicted octanol–water partition coefficient (Wildman–Crippen LogP) is -0.132. The highest BCUT2D eigenvalue weighted by atomic mass is 32.2. The molecule has 1 fully saturated rings. The lowest BCUT2D eigenvalue weighted by atomic mass is 10.00. The standard InChI is InChI=1S/C9H18N2O4S/c1-11(2)16(13,14)10-9(8(12)15-3)6-4-5-7-9/h10H,4-7H2,1-3H3. The summed E-state index contributed by atoms with van der Waals surface area (Å²) in [5, 5.41) is 0. The summed E-state index contributed by atoms with van der Waals surface area (Å²) in [6.07, 6.45) is 2.63. The molecule has 0 amide bonds. The van der Waals surface area contributed by atoms with Crippen LogP contribution in [0.3, 0.4) is 0 Å². The Bertz CT molecular complexity index is 358. The molecule has 1 N–H and O–H groups in total. The maximum Gasteiger partial charge on any atom is 0.327 e. The summed E-state index contributed by atoms with van der Waals surface area (Å²) in [6, 6.07) is 0. The Balaban J connectivity index is 2.93. The minimum absolute atomic E-state index is 0.493. The number of esters is 1. The van der Waals surface area contributed by atoms with Crippen molar-refractivity contribution in [2.75, 3.05) is 21.2 Å². The fourth-order valence-corrected chi connectivity index (χ4v) is 2.82. The number of carbonyl (C=O) groups is 1. The Morgan fingerprint density at radius 3 is 2.19 bits per heavy atom. The van der Waals surface area contributed by atoms with Gasteiger partial charge in [0.25, 0.3) is 10.2 Å². The number of nitrogens with zero attached hydrogens (tertiary/aromatic N) is 1. The molecule has 1 aliphatic carbocycles. The second-order valence-electron chi connectivity index (χ2n) is 4.17. The van der Waals surface area contributed by atoms with Gasteiger partial charge in [0, 0.05) is 14.1 Å². The van der Waals surface area contributed by atoms with Crippen molar-refractivity contribution in [2.24, 2.45) is 0 Å². The normalized spacial score (nSPS) is 20.0. The number of rotatable bonds is 4. The molecule has 0 saturated heterocycles. The van der Waals surface area contributed by atoms with Crippen LogP contribution in [0.1, 0.15) is 25.7 Å². The molecule has 0 aromatic carbocycles. The third-order valence-electron chi connectivity index (χ3n) is 2.84. The van der Waals surface area contributed by atoms with E-state index >= 15 is 0 Å². The van der Waals surface area contributed by atoms with Crippen LogP contribution in [0.5, 0.6) is 0 Å². The topological polar surface area (TPSA) is 75.7 Å². The lowest BCUT2D eigenvalue weighted by Crippen LogP contribution is -2.55. The first-order valence-electron chi connectivity index (χ1n) is 5.14. The minimum atomic E-state index is -3.61. The van der Waals surface area contributed by atoms with Gasteiger partial charge in [0.1, 0.15) is 5.54 Å². The molecule has 0 radical (unpaired) electrons. The SMILES string of the molecule is COC(=O)C1(NS(=O)(=O)N(C)C)CCCC1. The number of carbonyl (C=O) groups excluding carboxylic acids is 1. The summed E-state index contributed by atoms with van der Waals surface area (Å²) in [5.74, 6) is -0.504. The van der Waals surface area contributed by atoms with Crippen LogP contribution in [-0.4, -0.2) is 45.4 Å². The van der Waals surface area contributed by atoms with Crippen LogP contribution < -0.4 is 4.72 Å². The van der Waals surface area contributed by atoms with Crippen molar-refractivity contribution in [3.05, 3.63) is 0 Å². The summed E-state index contributed by atoms with van der Waals surface area (Å²) in [7, 11) is 0.495. The third kappa shape index (κ3) is 2.53. The van der Waals surface area contributed by atoms with Gasteiger partial charge in [0.15, 0.2) is 0 Å². The van der Waals surface area contributed by atoms with Crippen molar-refractivity contribution in [3.63, 3.8) is 0 Å². The fourth-order valence-electron chi connectivity index (χ4n) is 1.86. The quantitative estimate of drug-likeness (QED) is 0.705. The van der Waals surface area contributed by atoms with E-state index in [1.165, 1.54) is 21.2 Å². The van der Waals surface area contributed by atoms with Gasteiger partial charge in [-0.25, -0.2) is 0 Å². The minimum Gasteiger partial charge on any atom is -0.468 e. The molecule has 1 rings (SSSR count). The number of methoxy groups -OCH3 is 1. The molecule has 0 unspecified atom stereocenters. The van der Waals surface area contributed by atoms with Crippen LogP contribution >= 0.6 is 0 Å². The zero-order valence-electron chi connectivity index (χ0n) is 9.82. The molecule has 0 aliphatic heterocycles. The lowest BCUT2D eigenvalue weighted by molar-refractivity contribution is -0.147. The van der Waals surface area contributed by atoms with Crippen molar-refractivity contribution in [2.45, 2.75) is 31.2 Å². The lowest BCUT2D eigenvalue weighted by Gasteiger charge is -2.28. The smallest absolute Gasteiger partial charge is 0.327 e. The van der Waals surface area contributed by atoms with Crippen molar-refractivity contribution < 1.29 is 17.9 Å². The molecule has 0 bridgehead atoms. The van der Waals surface area contributed by atoms with Crippen LogP contribution in [0.25, 0.3) is 0 Å². The van der Waals surface area contributed by atoms with Gasteiger partial charge in [-0.05, 0) is 12.8 Å². The van der Waals surface area contributed by atoms with Crippen LogP contribution in [0, 0.1) is 0 Å². The molecular weight excluding hydrogens is 232 g/mol. The van der Waals surface area contributed by atoms with E-state index in [9.17, 15) is 13.2 Å². The first kappa shape index (κ1) is 13.4. The Labute approximate surface area is 96.1 Å². The van der Waals surface area contributed by atoms with Crippen LogP contribution in [0.15, 0.2) is 0 Å². The van der Waals surface area contributed by atoms with Crippen LogP contribution in [-0.2, 0) is 19.7 Å². The zero-order chi connectivity index (χ0) is 12.4. The fraction of sp³-hybridized carbons (Fsp3) is 0.889. The predicted molar refractivity (Wildman–Crippen MR) is 59.0 cm³/mol. The van der Waals surface area contributed by atoms with Crippen LogP contribution in [0.2, 0.25) is 0 Å².